The van der Waals surface area contributed by atoms with Crippen molar-refractivity contribution in [2.75, 3.05) is 6.54 Å². The molecule has 0 aliphatic carbocycles. The maximum atomic E-state index is 10.7. The van der Waals surface area contributed by atoms with Crippen molar-refractivity contribution in [3.05, 3.63) is 35.0 Å². The summed E-state index contributed by atoms with van der Waals surface area (Å²) in [5.74, 6) is 0.743. The summed E-state index contributed by atoms with van der Waals surface area (Å²) in [6.45, 7) is 7.14. The average Bonchev–Trinajstić information content (AvgIpc) is 2.96. The molecule has 7 nitrogen and oxygen atoms in total. The van der Waals surface area contributed by atoms with Crippen molar-refractivity contribution in [1.82, 2.24) is 20.3 Å². The topological polar surface area (TPSA) is 93.2 Å². The van der Waals surface area contributed by atoms with Crippen LogP contribution in [0.15, 0.2) is 16.7 Å². The second kappa shape index (κ2) is 5.87. The fourth-order valence-electron chi connectivity index (χ4n) is 2.09. The number of hydrogen-bond donors (Lipinski definition) is 2. The zero-order valence-corrected chi connectivity index (χ0v) is 11.8. The molecule has 1 atom stereocenters. The molecule has 0 amide bonds. The lowest BCUT2D eigenvalue weighted by Gasteiger charge is -2.12. The van der Waals surface area contributed by atoms with Crippen LogP contribution in [-0.2, 0) is 6.54 Å². The molecule has 2 aromatic rings. The Kier molecular flexibility index (Phi) is 4.19. The maximum absolute atomic E-state index is 10.7. The number of aromatic carboxylic acids is 1. The second-order valence-electron chi connectivity index (χ2n) is 4.72. The number of carbonyl (C=O) groups is 1. The van der Waals surface area contributed by atoms with E-state index in [9.17, 15) is 4.79 Å². The van der Waals surface area contributed by atoms with Gasteiger partial charge in [-0.2, -0.15) is 0 Å². The van der Waals surface area contributed by atoms with E-state index in [-0.39, 0.29) is 11.7 Å². The van der Waals surface area contributed by atoms with Crippen LogP contribution in [0.25, 0.3) is 0 Å². The molecule has 2 N–H and O–H groups in total. The fourth-order valence-corrected chi connectivity index (χ4v) is 2.09. The molecule has 108 valence electrons. The van der Waals surface area contributed by atoms with Crippen LogP contribution in [0.3, 0.4) is 0 Å². The molecule has 0 bridgehead atoms. The largest absolute Gasteiger partial charge is 0.476 e. The van der Waals surface area contributed by atoms with Crippen LogP contribution in [0.1, 0.15) is 40.5 Å². The van der Waals surface area contributed by atoms with Gasteiger partial charge >= 0.3 is 5.97 Å². The molecule has 0 fully saturated rings. The molecule has 0 aromatic carbocycles. The summed E-state index contributed by atoms with van der Waals surface area (Å²) in [7, 11) is 0. The predicted octanol–water partition coefficient (Wildman–Crippen LogP) is 1.54. The standard InChI is InChI=1S/C13H18N4O3/c1-8-6-11(10(3)20-8)9(2)14-4-5-17-7-12(13(18)19)15-16-17/h6-7,9,14H,4-5H2,1-3H3,(H,18,19). The van der Waals surface area contributed by atoms with Gasteiger partial charge in [0.2, 0.25) is 0 Å². The number of carboxylic acid groups (broad SMARTS) is 1. The van der Waals surface area contributed by atoms with E-state index < -0.39 is 5.97 Å². The first kappa shape index (κ1) is 14.3. The van der Waals surface area contributed by atoms with Crippen molar-refractivity contribution >= 4 is 5.97 Å². The van der Waals surface area contributed by atoms with Crippen molar-refractivity contribution < 1.29 is 14.3 Å². The molecule has 0 aliphatic rings. The smallest absolute Gasteiger partial charge is 0.358 e. The van der Waals surface area contributed by atoms with E-state index in [1.165, 1.54) is 10.9 Å². The lowest BCUT2D eigenvalue weighted by molar-refractivity contribution is 0.0690. The number of nitrogens with one attached hydrogen (secondary N) is 1. The van der Waals surface area contributed by atoms with Crippen molar-refractivity contribution in [3.8, 4) is 0 Å². The van der Waals surface area contributed by atoms with Crippen molar-refractivity contribution in [3.63, 3.8) is 0 Å². The van der Waals surface area contributed by atoms with Gasteiger partial charge in [0.1, 0.15) is 11.5 Å². The number of furan rings is 1. The number of nitrogens with zero attached hydrogens (tertiary/aromatic N) is 3. The Morgan fingerprint density at radius 2 is 2.30 bits per heavy atom. The van der Waals surface area contributed by atoms with E-state index in [4.69, 9.17) is 9.52 Å². The highest BCUT2D eigenvalue weighted by Crippen LogP contribution is 2.20. The van der Waals surface area contributed by atoms with E-state index in [2.05, 4.69) is 22.6 Å². The fraction of sp³-hybridized carbons (Fsp3) is 0.462. The Morgan fingerprint density at radius 3 is 2.85 bits per heavy atom. The van der Waals surface area contributed by atoms with E-state index in [0.29, 0.717) is 13.1 Å². The quantitative estimate of drug-likeness (QED) is 0.832. The zero-order chi connectivity index (χ0) is 14.7. The van der Waals surface area contributed by atoms with Gasteiger partial charge < -0.3 is 14.8 Å². The number of aryl methyl sites for hydroxylation is 2. The molecule has 2 aromatic heterocycles. The van der Waals surface area contributed by atoms with Crippen LogP contribution < -0.4 is 5.32 Å². The summed E-state index contributed by atoms with van der Waals surface area (Å²) in [4.78, 5) is 10.7. The molecule has 0 spiro atoms. The minimum atomic E-state index is -1.07. The van der Waals surface area contributed by atoms with Gasteiger partial charge in [0.25, 0.3) is 0 Å². The highest BCUT2D eigenvalue weighted by Gasteiger charge is 2.12. The number of aromatic nitrogens is 3. The number of rotatable bonds is 6. The molecule has 7 heteroatoms. The van der Waals surface area contributed by atoms with E-state index >= 15 is 0 Å². The van der Waals surface area contributed by atoms with Gasteiger partial charge in [-0.25, -0.2) is 4.79 Å². The van der Waals surface area contributed by atoms with Crippen LogP contribution in [0.2, 0.25) is 0 Å². The first-order chi connectivity index (χ1) is 9.47. The van der Waals surface area contributed by atoms with Crippen LogP contribution in [0.5, 0.6) is 0 Å². The van der Waals surface area contributed by atoms with E-state index in [0.717, 1.165) is 17.1 Å². The normalized spacial score (nSPS) is 12.6. The number of hydrogen-bond acceptors (Lipinski definition) is 5. The van der Waals surface area contributed by atoms with Crippen molar-refractivity contribution in [2.24, 2.45) is 0 Å². The molecule has 2 rings (SSSR count). The lowest BCUT2D eigenvalue weighted by atomic mass is 10.1. The Hall–Kier alpha value is -2.15. The predicted molar refractivity (Wildman–Crippen MR) is 71.6 cm³/mol. The summed E-state index contributed by atoms with van der Waals surface area (Å²) in [6, 6.07) is 2.18. The highest BCUT2D eigenvalue weighted by molar-refractivity contribution is 5.84. The minimum Gasteiger partial charge on any atom is -0.476 e. The van der Waals surface area contributed by atoms with Crippen LogP contribution in [0, 0.1) is 13.8 Å². The van der Waals surface area contributed by atoms with Gasteiger partial charge in [-0.3, -0.25) is 4.68 Å². The molecule has 2 heterocycles. The first-order valence-electron chi connectivity index (χ1n) is 6.41. The molecular formula is C13H18N4O3. The van der Waals surface area contributed by atoms with Crippen molar-refractivity contribution in [1.29, 1.82) is 0 Å². The summed E-state index contributed by atoms with van der Waals surface area (Å²) in [6.07, 6.45) is 1.42. The summed E-state index contributed by atoms with van der Waals surface area (Å²) in [5.41, 5.74) is 1.09. The molecule has 20 heavy (non-hydrogen) atoms. The summed E-state index contributed by atoms with van der Waals surface area (Å²) >= 11 is 0. The molecule has 0 radical (unpaired) electrons. The SMILES string of the molecule is Cc1cc(C(C)NCCn2cc(C(=O)O)nn2)c(C)o1. The molecule has 1 unspecified atom stereocenters. The van der Waals surface area contributed by atoms with Gasteiger partial charge in [-0.1, -0.05) is 5.21 Å². The monoisotopic (exact) mass is 278 g/mol. The third kappa shape index (κ3) is 3.24. The van der Waals surface area contributed by atoms with Gasteiger partial charge in [-0.05, 0) is 26.8 Å². The summed E-state index contributed by atoms with van der Waals surface area (Å²) in [5, 5.41) is 19.4. The molecular weight excluding hydrogens is 260 g/mol. The van der Waals surface area contributed by atoms with Crippen LogP contribution in [-0.4, -0.2) is 32.6 Å². The van der Waals surface area contributed by atoms with Crippen LogP contribution >= 0.6 is 0 Å². The second-order valence-corrected chi connectivity index (χ2v) is 4.72. The highest BCUT2D eigenvalue weighted by atomic mass is 16.4. The summed E-state index contributed by atoms with van der Waals surface area (Å²) < 4.78 is 7.01. The Balaban J connectivity index is 1.86. The molecule has 0 saturated carbocycles. The van der Waals surface area contributed by atoms with Gasteiger partial charge in [0.15, 0.2) is 5.69 Å². The zero-order valence-electron chi connectivity index (χ0n) is 11.8. The number of carboxylic acids is 1. The molecule has 0 aliphatic heterocycles. The van der Waals surface area contributed by atoms with Gasteiger partial charge in [0.05, 0.1) is 12.7 Å². The first-order valence-corrected chi connectivity index (χ1v) is 6.41. The van der Waals surface area contributed by atoms with Gasteiger partial charge in [-0.15, -0.1) is 5.10 Å². The Labute approximate surface area is 116 Å². The van der Waals surface area contributed by atoms with E-state index in [1.54, 1.807) is 0 Å². The van der Waals surface area contributed by atoms with Crippen LogP contribution in [0.4, 0.5) is 0 Å². The third-order valence-corrected chi connectivity index (χ3v) is 3.10. The Morgan fingerprint density at radius 1 is 1.55 bits per heavy atom. The lowest BCUT2D eigenvalue weighted by Crippen LogP contribution is -2.23. The third-order valence-electron chi connectivity index (χ3n) is 3.10. The van der Waals surface area contributed by atoms with Gasteiger partial charge in [0, 0.05) is 18.2 Å². The molecule has 0 saturated heterocycles. The van der Waals surface area contributed by atoms with Crippen molar-refractivity contribution in [2.45, 2.75) is 33.4 Å². The van der Waals surface area contributed by atoms with E-state index in [1.807, 2.05) is 19.9 Å². The Bertz CT molecular complexity index is 603. The minimum absolute atomic E-state index is 0.0423. The maximum Gasteiger partial charge on any atom is 0.358 e. The average molecular weight is 278 g/mol.